The number of amides is 1. The highest BCUT2D eigenvalue weighted by Crippen LogP contribution is 2.24. The molecule has 4 heteroatoms. The van der Waals surface area contributed by atoms with E-state index < -0.39 is 5.60 Å². The van der Waals surface area contributed by atoms with Crippen LogP contribution < -0.4 is 5.32 Å². The minimum atomic E-state index is -0.404. The maximum atomic E-state index is 12.1. The zero-order valence-corrected chi connectivity index (χ0v) is 14.2. The van der Waals surface area contributed by atoms with Crippen LogP contribution in [-0.4, -0.2) is 41.8 Å². The predicted molar refractivity (Wildman–Crippen MR) is 85.4 cm³/mol. The Morgan fingerprint density at radius 2 is 1.86 bits per heavy atom. The first kappa shape index (κ1) is 16.6. The SMILES string of the molecule is CC1CCCCCC1NC1CCN(C(=O)OC(C)(C)C)C1. The molecule has 3 unspecified atom stereocenters. The number of likely N-dealkylation sites (tertiary alicyclic amines) is 1. The predicted octanol–water partition coefficient (Wildman–Crippen LogP) is 3.55. The first-order valence-corrected chi connectivity index (χ1v) is 8.59. The van der Waals surface area contributed by atoms with Crippen molar-refractivity contribution in [1.29, 1.82) is 0 Å². The van der Waals surface area contributed by atoms with Crippen LogP contribution in [0.1, 0.15) is 66.2 Å². The van der Waals surface area contributed by atoms with Crippen LogP contribution in [0.2, 0.25) is 0 Å². The number of ether oxygens (including phenoxy) is 1. The van der Waals surface area contributed by atoms with Gasteiger partial charge in [-0.05, 0) is 46.0 Å². The number of hydrogen-bond acceptors (Lipinski definition) is 3. The van der Waals surface area contributed by atoms with Crippen LogP contribution in [0.3, 0.4) is 0 Å². The number of rotatable bonds is 2. The molecule has 2 rings (SSSR count). The van der Waals surface area contributed by atoms with Crippen molar-refractivity contribution in [3.8, 4) is 0 Å². The quantitative estimate of drug-likeness (QED) is 0.792. The Morgan fingerprint density at radius 3 is 2.57 bits per heavy atom. The van der Waals surface area contributed by atoms with Crippen molar-refractivity contribution in [3.05, 3.63) is 0 Å². The summed E-state index contributed by atoms with van der Waals surface area (Å²) in [6, 6.07) is 1.05. The highest BCUT2D eigenvalue weighted by atomic mass is 16.6. The van der Waals surface area contributed by atoms with E-state index >= 15 is 0 Å². The monoisotopic (exact) mass is 296 g/mol. The minimum absolute atomic E-state index is 0.166. The van der Waals surface area contributed by atoms with Gasteiger partial charge in [0.05, 0.1) is 0 Å². The molecule has 1 aliphatic heterocycles. The second-order valence-electron chi connectivity index (χ2n) is 7.80. The normalized spacial score (nSPS) is 31.0. The third-order valence-corrected chi connectivity index (χ3v) is 4.65. The first-order valence-electron chi connectivity index (χ1n) is 8.59. The van der Waals surface area contributed by atoms with Crippen molar-refractivity contribution in [1.82, 2.24) is 10.2 Å². The van der Waals surface area contributed by atoms with E-state index in [0.29, 0.717) is 12.1 Å². The molecule has 0 aromatic heterocycles. The molecule has 122 valence electrons. The Bertz CT molecular complexity index is 351. The molecule has 0 aromatic rings. The maximum absolute atomic E-state index is 12.1. The van der Waals surface area contributed by atoms with Crippen molar-refractivity contribution in [2.24, 2.45) is 5.92 Å². The van der Waals surface area contributed by atoms with E-state index in [2.05, 4.69) is 12.2 Å². The highest BCUT2D eigenvalue weighted by Gasteiger charge is 2.31. The van der Waals surface area contributed by atoms with E-state index in [9.17, 15) is 4.79 Å². The fraction of sp³-hybridized carbons (Fsp3) is 0.941. The lowest BCUT2D eigenvalue weighted by atomic mass is 9.96. The van der Waals surface area contributed by atoms with Gasteiger partial charge in [0.25, 0.3) is 0 Å². The summed E-state index contributed by atoms with van der Waals surface area (Å²) < 4.78 is 5.46. The van der Waals surface area contributed by atoms with Gasteiger partial charge < -0.3 is 15.0 Å². The molecule has 0 aromatic carbocycles. The molecule has 2 fully saturated rings. The second kappa shape index (κ2) is 6.99. The van der Waals surface area contributed by atoms with Gasteiger partial charge >= 0.3 is 6.09 Å². The van der Waals surface area contributed by atoms with E-state index in [1.807, 2.05) is 25.7 Å². The van der Waals surface area contributed by atoms with Crippen LogP contribution in [-0.2, 0) is 4.74 Å². The third kappa shape index (κ3) is 5.17. The summed E-state index contributed by atoms with van der Waals surface area (Å²) in [6.07, 6.45) is 7.57. The van der Waals surface area contributed by atoms with Crippen molar-refractivity contribution >= 4 is 6.09 Å². The molecule has 1 aliphatic carbocycles. The van der Waals surface area contributed by atoms with Gasteiger partial charge in [-0.15, -0.1) is 0 Å². The van der Waals surface area contributed by atoms with Gasteiger partial charge in [0.2, 0.25) is 0 Å². The molecule has 0 bridgehead atoms. The van der Waals surface area contributed by atoms with Gasteiger partial charge in [-0.25, -0.2) is 4.79 Å². The molecule has 1 amide bonds. The molecule has 21 heavy (non-hydrogen) atoms. The number of carbonyl (C=O) groups is 1. The largest absolute Gasteiger partial charge is 0.444 e. The summed E-state index contributed by atoms with van der Waals surface area (Å²) >= 11 is 0. The summed E-state index contributed by atoms with van der Waals surface area (Å²) in [4.78, 5) is 13.9. The van der Waals surface area contributed by atoms with Crippen molar-refractivity contribution in [2.45, 2.75) is 83.9 Å². The molecule has 1 heterocycles. The lowest BCUT2D eigenvalue weighted by Crippen LogP contribution is -2.44. The lowest BCUT2D eigenvalue weighted by molar-refractivity contribution is 0.0290. The van der Waals surface area contributed by atoms with Gasteiger partial charge in [-0.2, -0.15) is 0 Å². The first-order chi connectivity index (χ1) is 9.85. The van der Waals surface area contributed by atoms with Gasteiger partial charge in [0, 0.05) is 25.2 Å². The average molecular weight is 296 g/mol. The second-order valence-corrected chi connectivity index (χ2v) is 7.80. The molecule has 4 nitrogen and oxygen atoms in total. The van der Waals surface area contributed by atoms with E-state index in [0.717, 1.165) is 25.4 Å². The highest BCUT2D eigenvalue weighted by molar-refractivity contribution is 5.68. The topological polar surface area (TPSA) is 41.6 Å². The standard InChI is InChI=1S/C17H32N2O2/c1-13-8-6-5-7-9-15(13)18-14-10-11-19(12-14)16(20)21-17(2,3)4/h13-15,18H,5-12H2,1-4H3. The molecule has 3 atom stereocenters. The number of hydrogen-bond donors (Lipinski definition) is 1. The van der Waals surface area contributed by atoms with E-state index in [1.54, 1.807) is 0 Å². The Kier molecular flexibility index (Phi) is 5.53. The molecule has 1 saturated carbocycles. The minimum Gasteiger partial charge on any atom is -0.444 e. The van der Waals surface area contributed by atoms with Crippen molar-refractivity contribution in [2.75, 3.05) is 13.1 Å². The molecule has 0 radical (unpaired) electrons. The lowest BCUT2D eigenvalue weighted by Gasteiger charge is -2.27. The van der Waals surface area contributed by atoms with Crippen molar-refractivity contribution < 1.29 is 9.53 Å². The van der Waals surface area contributed by atoms with Crippen LogP contribution in [0.15, 0.2) is 0 Å². The summed E-state index contributed by atoms with van der Waals surface area (Å²) in [6.45, 7) is 9.73. The number of nitrogens with one attached hydrogen (secondary N) is 1. The van der Waals surface area contributed by atoms with Gasteiger partial charge in [-0.1, -0.05) is 26.2 Å². The Labute approximate surface area is 129 Å². The van der Waals surface area contributed by atoms with Crippen LogP contribution in [0.5, 0.6) is 0 Å². The smallest absolute Gasteiger partial charge is 0.410 e. The zero-order chi connectivity index (χ0) is 15.5. The number of nitrogens with zero attached hydrogens (tertiary/aromatic N) is 1. The summed E-state index contributed by atoms with van der Waals surface area (Å²) in [5.41, 5.74) is -0.404. The van der Waals surface area contributed by atoms with E-state index in [1.165, 1.54) is 32.1 Å². The summed E-state index contributed by atoms with van der Waals surface area (Å²) in [5, 5.41) is 3.81. The average Bonchev–Trinajstić information content (AvgIpc) is 2.74. The number of carbonyl (C=O) groups excluding carboxylic acids is 1. The molecule has 2 aliphatic rings. The van der Waals surface area contributed by atoms with E-state index in [4.69, 9.17) is 4.74 Å². The van der Waals surface area contributed by atoms with Crippen LogP contribution in [0.4, 0.5) is 4.79 Å². The van der Waals surface area contributed by atoms with E-state index in [-0.39, 0.29) is 6.09 Å². The molecule has 1 saturated heterocycles. The Morgan fingerprint density at radius 1 is 1.14 bits per heavy atom. The zero-order valence-electron chi connectivity index (χ0n) is 14.2. The fourth-order valence-electron chi connectivity index (χ4n) is 3.43. The summed E-state index contributed by atoms with van der Waals surface area (Å²) in [7, 11) is 0. The van der Waals surface area contributed by atoms with Gasteiger partial charge in [0.1, 0.15) is 5.60 Å². The van der Waals surface area contributed by atoms with Crippen LogP contribution in [0, 0.1) is 5.92 Å². The van der Waals surface area contributed by atoms with Crippen LogP contribution in [0.25, 0.3) is 0 Å². The molecule has 0 spiro atoms. The fourth-order valence-corrected chi connectivity index (χ4v) is 3.43. The van der Waals surface area contributed by atoms with Crippen LogP contribution >= 0.6 is 0 Å². The van der Waals surface area contributed by atoms with Gasteiger partial charge in [0.15, 0.2) is 0 Å². The Hall–Kier alpha value is -0.770. The van der Waals surface area contributed by atoms with Crippen molar-refractivity contribution in [3.63, 3.8) is 0 Å². The Balaban J connectivity index is 1.80. The third-order valence-electron chi connectivity index (χ3n) is 4.65. The molecular formula is C17H32N2O2. The summed E-state index contributed by atoms with van der Waals surface area (Å²) in [5.74, 6) is 0.753. The molecule has 1 N–H and O–H groups in total. The maximum Gasteiger partial charge on any atom is 0.410 e. The van der Waals surface area contributed by atoms with Gasteiger partial charge in [-0.3, -0.25) is 0 Å². The molecular weight excluding hydrogens is 264 g/mol.